The fourth-order valence-electron chi connectivity index (χ4n) is 1.63. The smallest absolute Gasteiger partial charge is 0.224 e. The molecule has 1 atom stereocenters. The van der Waals surface area contributed by atoms with E-state index >= 15 is 0 Å². The number of hydrogen-bond acceptors (Lipinski definition) is 3. The van der Waals surface area contributed by atoms with Crippen LogP contribution in [0.15, 0.2) is 24.4 Å². The van der Waals surface area contributed by atoms with E-state index in [1.54, 1.807) is 11.1 Å². The van der Waals surface area contributed by atoms with Gasteiger partial charge >= 0.3 is 0 Å². The molecule has 4 nitrogen and oxygen atoms in total. The predicted molar refractivity (Wildman–Crippen MR) is 72.8 cm³/mol. The molecule has 0 spiro atoms. The van der Waals surface area contributed by atoms with Crippen molar-refractivity contribution in [2.75, 3.05) is 6.54 Å². The van der Waals surface area contributed by atoms with Crippen LogP contribution in [0.1, 0.15) is 32.9 Å². The molecule has 0 aromatic carbocycles. The molecule has 0 saturated heterocycles. The van der Waals surface area contributed by atoms with Crippen LogP contribution < -0.4 is 5.73 Å². The van der Waals surface area contributed by atoms with Gasteiger partial charge in [0, 0.05) is 25.2 Å². The van der Waals surface area contributed by atoms with Gasteiger partial charge in [-0.1, -0.05) is 19.9 Å². The van der Waals surface area contributed by atoms with Gasteiger partial charge in [0.2, 0.25) is 5.91 Å². The number of aromatic nitrogens is 1. The molecule has 100 valence electrons. The van der Waals surface area contributed by atoms with Crippen molar-refractivity contribution in [2.45, 2.75) is 39.8 Å². The summed E-state index contributed by atoms with van der Waals surface area (Å²) in [5.41, 5.74) is 6.85. The lowest BCUT2D eigenvalue weighted by Gasteiger charge is -2.23. The average Bonchev–Trinajstić information content (AvgIpc) is 2.36. The molecule has 2 N–H and O–H groups in total. The predicted octanol–water partition coefficient (Wildman–Crippen LogP) is 1.80. The van der Waals surface area contributed by atoms with E-state index in [4.69, 9.17) is 5.73 Å². The van der Waals surface area contributed by atoms with Gasteiger partial charge in [-0.25, -0.2) is 0 Å². The van der Waals surface area contributed by atoms with E-state index < -0.39 is 0 Å². The summed E-state index contributed by atoms with van der Waals surface area (Å²) in [6, 6.07) is 5.66. The first-order chi connectivity index (χ1) is 8.54. The monoisotopic (exact) mass is 249 g/mol. The Bertz CT molecular complexity index is 365. The minimum atomic E-state index is -0.0738. The lowest BCUT2D eigenvalue weighted by atomic mass is 10.0. The molecule has 1 heterocycles. The maximum absolute atomic E-state index is 12.1. The van der Waals surface area contributed by atoms with Gasteiger partial charge in [0.15, 0.2) is 0 Å². The molecule has 0 radical (unpaired) electrons. The Morgan fingerprint density at radius 1 is 1.44 bits per heavy atom. The Morgan fingerprint density at radius 2 is 2.17 bits per heavy atom. The minimum Gasteiger partial charge on any atom is -0.337 e. The second kappa shape index (κ2) is 7.11. The first-order valence-corrected chi connectivity index (χ1v) is 6.47. The summed E-state index contributed by atoms with van der Waals surface area (Å²) < 4.78 is 0. The summed E-state index contributed by atoms with van der Waals surface area (Å²) in [6.45, 7) is 7.28. The van der Waals surface area contributed by atoms with Crippen molar-refractivity contribution < 1.29 is 4.79 Å². The summed E-state index contributed by atoms with van der Waals surface area (Å²) in [7, 11) is 0. The van der Waals surface area contributed by atoms with E-state index in [-0.39, 0.29) is 11.9 Å². The zero-order valence-corrected chi connectivity index (χ0v) is 11.5. The first-order valence-electron chi connectivity index (χ1n) is 6.47. The van der Waals surface area contributed by atoms with Gasteiger partial charge < -0.3 is 10.6 Å². The van der Waals surface area contributed by atoms with Gasteiger partial charge in [-0.15, -0.1) is 0 Å². The van der Waals surface area contributed by atoms with Crippen molar-refractivity contribution in [3.63, 3.8) is 0 Å². The third-order valence-corrected chi connectivity index (χ3v) is 3.08. The highest BCUT2D eigenvalue weighted by atomic mass is 16.2. The van der Waals surface area contributed by atoms with Gasteiger partial charge in [0.05, 0.1) is 12.2 Å². The molecule has 1 rings (SSSR count). The van der Waals surface area contributed by atoms with E-state index in [1.807, 2.05) is 39.0 Å². The Balaban J connectivity index is 2.58. The largest absolute Gasteiger partial charge is 0.337 e. The van der Waals surface area contributed by atoms with Crippen LogP contribution in [0.25, 0.3) is 0 Å². The van der Waals surface area contributed by atoms with E-state index in [9.17, 15) is 4.79 Å². The van der Waals surface area contributed by atoms with Gasteiger partial charge in [-0.2, -0.15) is 0 Å². The average molecular weight is 249 g/mol. The second-order valence-corrected chi connectivity index (χ2v) is 4.84. The highest BCUT2D eigenvalue weighted by Crippen LogP contribution is 2.08. The third kappa shape index (κ3) is 4.45. The number of hydrogen-bond donors (Lipinski definition) is 1. The van der Waals surface area contributed by atoms with Crippen molar-refractivity contribution in [3.05, 3.63) is 30.1 Å². The van der Waals surface area contributed by atoms with Crippen molar-refractivity contribution in [2.24, 2.45) is 11.7 Å². The summed E-state index contributed by atoms with van der Waals surface area (Å²) in [6.07, 6.45) is 2.14. The quantitative estimate of drug-likeness (QED) is 0.836. The van der Waals surface area contributed by atoms with Gasteiger partial charge in [0.1, 0.15) is 0 Å². The minimum absolute atomic E-state index is 0.0738. The first kappa shape index (κ1) is 14.6. The summed E-state index contributed by atoms with van der Waals surface area (Å²) in [5.74, 6) is 0.423. The van der Waals surface area contributed by atoms with Crippen LogP contribution in [0.2, 0.25) is 0 Å². The number of nitrogens with zero attached hydrogens (tertiary/aromatic N) is 2. The maximum atomic E-state index is 12.1. The number of rotatable bonds is 6. The zero-order chi connectivity index (χ0) is 13.5. The number of amides is 1. The van der Waals surface area contributed by atoms with E-state index in [0.29, 0.717) is 25.4 Å². The molecule has 0 fully saturated rings. The molecular weight excluding hydrogens is 226 g/mol. The molecule has 4 heteroatoms. The molecule has 1 aromatic rings. The molecular formula is C14H23N3O. The van der Waals surface area contributed by atoms with Crippen molar-refractivity contribution in [1.82, 2.24) is 9.88 Å². The van der Waals surface area contributed by atoms with Crippen LogP contribution in [-0.4, -0.2) is 28.4 Å². The van der Waals surface area contributed by atoms with E-state index in [0.717, 1.165) is 5.69 Å². The normalized spacial score (nSPS) is 12.5. The number of carbonyl (C=O) groups excluding carboxylic acids is 1. The maximum Gasteiger partial charge on any atom is 0.224 e. The number of pyridine rings is 1. The molecule has 18 heavy (non-hydrogen) atoms. The third-order valence-electron chi connectivity index (χ3n) is 3.08. The summed E-state index contributed by atoms with van der Waals surface area (Å²) >= 11 is 0. The standard InChI is InChI=1S/C14H23N3O/c1-4-17(10-12-7-5-6-8-16-12)14(18)9-13(15)11(2)3/h5-8,11,13H,4,9-10,15H2,1-3H3. The molecule has 0 aliphatic carbocycles. The Hall–Kier alpha value is -1.42. The van der Waals surface area contributed by atoms with Crippen molar-refractivity contribution >= 4 is 5.91 Å². The fourth-order valence-corrected chi connectivity index (χ4v) is 1.63. The van der Waals surface area contributed by atoms with E-state index in [1.165, 1.54) is 0 Å². The number of carbonyl (C=O) groups is 1. The lowest BCUT2D eigenvalue weighted by Crippen LogP contribution is -2.37. The van der Waals surface area contributed by atoms with Crippen LogP contribution in [-0.2, 0) is 11.3 Å². The SMILES string of the molecule is CCN(Cc1ccccn1)C(=O)CC(N)C(C)C. The Labute approximate surface area is 109 Å². The van der Waals surface area contributed by atoms with Gasteiger partial charge in [0.25, 0.3) is 0 Å². The molecule has 1 aromatic heterocycles. The molecule has 0 aliphatic rings. The van der Waals surface area contributed by atoms with Crippen LogP contribution in [0, 0.1) is 5.92 Å². The van der Waals surface area contributed by atoms with Crippen LogP contribution in [0.5, 0.6) is 0 Å². The molecule has 1 amide bonds. The Kier molecular flexibility index (Phi) is 5.78. The van der Waals surface area contributed by atoms with Crippen LogP contribution in [0.4, 0.5) is 0 Å². The van der Waals surface area contributed by atoms with Gasteiger partial charge in [-0.3, -0.25) is 9.78 Å². The van der Waals surface area contributed by atoms with Crippen molar-refractivity contribution in [1.29, 1.82) is 0 Å². The zero-order valence-electron chi connectivity index (χ0n) is 11.5. The summed E-state index contributed by atoms with van der Waals surface area (Å²) in [5, 5.41) is 0. The van der Waals surface area contributed by atoms with Crippen LogP contribution >= 0.6 is 0 Å². The second-order valence-electron chi connectivity index (χ2n) is 4.84. The van der Waals surface area contributed by atoms with Crippen molar-refractivity contribution in [3.8, 4) is 0 Å². The van der Waals surface area contributed by atoms with Crippen LogP contribution in [0.3, 0.4) is 0 Å². The fraction of sp³-hybridized carbons (Fsp3) is 0.571. The summed E-state index contributed by atoms with van der Waals surface area (Å²) in [4.78, 5) is 18.1. The highest BCUT2D eigenvalue weighted by molar-refractivity contribution is 5.76. The van der Waals surface area contributed by atoms with E-state index in [2.05, 4.69) is 4.98 Å². The molecule has 0 bridgehead atoms. The topological polar surface area (TPSA) is 59.2 Å². The Morgan fingerprint density at radius 3 is 2.67 bits per heavy atom. The molecule has 1 unspecified atom stereocenters. The molecule has 0 saturated carbocycles. The molecule has 0 aliphatic heterocycles. The highest BCUT2D eigenvalue weighted by Gasteiger charge is 2.18. The lowest BCUT2D eigenvalue weighted by molar-refractivity contribution is -0.132. The van der Waals surface area contributed by atoms with Gasteiger partial charge in [-0.05, 0) is 25.0 Å². The number of nitrogens with two attached hydrogens (primary N) is 1.